The molecule has 1 aromatic carbocycles. The van der Waals surface area contributed by atoms with Crippen molar-refractivity contribution < 1.29 is 122 Å². The monoisotopic (exact) mass is 1480 g/mol. The summed E-state index contributed by atoms with van der Waals surface area (Å²) in [6.45, 7) is 19.8. The van der Waals surface area contributed by atoms with Gasteiger partial charge in [0.15, 0.2) is 0 Å². The zero-order valence-electron chi connectivity index (χ0n) is 60.4. The molecule has 22 N–H and O–H groups in total. The number of nitrogens with one attached hydrogen (secondary N) is 13. The Hall–Kier alpha value is -10.6. The van der Waals surface area contributed by atoms with Crippen molar-refractivity contribution >= 4 is 107 Å². The van der Waals surface area contributed by atoms with Gasteiger partial charge in [-0.1, -0.05) is 81.4 Å². The average Bonchev–Trinajstić information content (AvgIpc) is 0.842. The van der Waals surface area contributed by atoms with E-state index in [0.29, 0.717) is 5.56 Å². The Morgan fingerprint density at radius 3 is 1.03 bits per heavy atom. The molecule has 13 amide bonds. The van der Waals surface area contributed by atoms with E-state index in [1.807, 2.05) is 5.32 Å². The van der Waals surface area contributed by atoms with Crippen molar-refractivity contribution in [2.75, 3.05) is 0 Å². The van der Waals surface area contributed by atoms with Gasteiger partial charge in [0.25, 0.3) is 0 Å². The molecule has 0 unspecified atom stereocenters. The first-order valence-corrected chi connectivity index (χ1v) is 33.3. The fourth-order valence-electron chi connectivity index (χ4n) is 9.69. The molecule has 0 aliphatic rings. The Labute approximate surface area is 599 Å². The van der Waals surface area contributed by atoms with E-state index in [9.17, 15) is 117 Å². The number of carboxylic acids is 5. The molecule has 0 aliphatic carbocycles. The quantitative estimate of drug-likeness (QED) is 0.0291. The summed E-state index contributed by atoms with van der Waals surface area (Å²) in [6, 6.07) is -17.5. The van der Waals surface area contributed by atoms with Crippen LogP contribution in [0.2, 0.25) is 0 Å². The highest BCUT2D eigenvalue weighted by Gasteiger charge is 2.40. The maximum absolute atomic E-state index is 14.3. The summed E-state index contributed by atoms with van der Waals surface area (Å²) in [5, 5.41) is 98.5. The third kappa shape index (κ3) is 32.2. The highest BCUT2D eigenvalue weighted by atomic mass is 16.4. The van der Waals surface area contributed by atoms with Crippen LogP contribution in [0.1, 0.15) is 141 Å². The Balaban J connectivity index is 3.42. The molecule has 0 heterocycles. The van der Waals surface area contributed by atoms with Gasteiger partial charge in [0.05, 0.1) is 31.4 Å². The van der Waals surface area contributed by atoms with E-state index in [1.54, 1.807) is 13.8 Å². The van der Waals surface area contributed by atoms with Crippen molar-refractivity contribution in [3.05, 3.63) is 29.8 Å². The van der Waals surface area contributed by atoms with Crippen LogP contribution in [0.4, 0.5) is 0 Å². The zero-order chi connectivity index (χ0) is 80.1. The number of nitrogens with two attached hydrogens (primary N) is 1. The zero-order valence-corrected chi connectivity index (χ0v) is 60.4. The highest BCUT2D eigenvalue weighted by molar-refractivity contribution is 6.01. The lowest BCUT2D eigenvalue weighted by Crippen LogP contribution is -2.62. The van der Waals surface area contributed by atoms with Crippen LogP contribution in [0.15, 0.2) is 24.3 Å². The molecule has 39 heteroatoms. The van der Waals surface area contributed by atoms with Crippen molar-refractivity contribution in [3.63, 3.8) is 0 Å². The number of hydrogen-bond donors (Lipinski definition) is 21. The minimum absolute atomic E-state index is 0.107. The van der Waals surface area contributed by atoms with E-state index < -0.39 is 260 Å². The number of amides is 13. The average molecular weight is 1480 g/mol. The topological polar surface area (TPSA) is 631 Å². The molecule has 39 nitrogen and oxygen atoms in total. The van der Waals surface area contributed by atoms with E-state index >= 15 is 0 Å². The molecule has 0 bridgehead atoms. The standard InChI is InChI=1S/C65H102N14O25/c1-26(2)21-38(71-57(95)40(23-44(84)85)70-52(90)31(11)66)56(94)69-37(19-20-43(82)83)55(93)75-50(30(9)10)63(101)78-47(27(3)4)60(98)68-32(12)53(91)67-33(13)54(92)79-51(34(14)80)64(102)72-39(22-35-15-17-36(81)18-16-35)58(96)76-48(28(5)6)61(99)73-41(24-45(86)87)59(97)77-49(29(7)8)62(100)74-42(65(103)104)25-46(88)89/h15-18,26-34,37-42,47-51,80-81H,19-25,66H2,1-14H3,(H,67,91)(H,68,98)(H,69,94)(H,70,90)(H,71,95)(H,72,102)(H,73,99)(H,74,100)(H,75,93)(H,76,96)(H,77,97)(H,78,101)(H,79,92)(H,82,83)(H,84,85)(H,86,87)(H,88,89)(H,103,104)/t31-,32-,33-,34+,37-,38-,39-,40-,41-,42-,47-,48-,49-,50-,51-/m0/s1. The molecule has 0 aromatic heterocycles. The molecule has 0 saturated carbocycles. The lowest BCUT2D eigenvalue weighted by atomic mass is 9.98. The van der Waals surface area contributed by atoms with Crippen LogP contribution in [-0.4, -0.2) is 233 Å². The molecule has 0 fully saturated rings. The number of rotatable bonds is 45. The van der Waals surface area contributed by atoms with Gasteiger partial charge < -0.3 is 111 Å². The van der Waals surface area contributed by atoms with Crippen LogP contribution in [0, 0.1) is 29.6 Å². The predicted octanol–water partition coefficient (Wildman–Crippen LogP) is -4.95. The second kappa shape index (κ2) is 43.4. The van der Waals surface area contributed by atoms with Crippen LogP contribution < -0.4 is 74.9 Å². The molecule has 0 radical (unpaired) electrons. The van der Waals surface area contributed by atoms with E-state index in [0.717, 1.165) is 13.8 Å². The smallest absolute Gasteiger partial charge is 0.326 e. The van der Waals surface area contributed by atoms with Gasteiger partial charge in [-0.2, -0.15) is 0 Å². The van der Waals surface area contributed by atoms with Crippen molar-refractivity contribution in [2.45, 2.75) is 233 Å². The van der Waals surface area contributed by atoms with Gasteiger partial charge in [0.1, 0.15) is 84.3 Å². The van der Waals surface area contributed by atoms with Gasteiger partial charge in [-0.3, -0.25) is 81.5 Å². The summed E-state index contributed by atoms with van der Waals surface area (Å²) in [7, 11) is 0. The molecule has 0 aliphatic heterocycles. The molecule has 1 aromatic rings. The molecule has 0 saturated heterocycles. The van der Waals surface area contributed by atoms with Gasteiger partial charge in [0, 0.05) is 12.8 Å². The SMILES string of the molecule is CC(C)C[C@H](NC(=O)[C@H](CC(=O)O)NC(=O)[C@H](C)N)C(=O)N[C@@H](CCC(=O)O)C(=O)N[C@H](C(=O)N[C@H](C(=O)N[C@@H](C)C(=O)N[C@@H](C)C(=O)N[C@H](C(=O)N[C@@H](Cc1ccc(O)cc1)C(=O)N[C@H](C(=O)N[C@@H](CC(=O)O)C(=O)N[C@H](C(=O)N[C@@H](CC(=O)O)C(=O)O)C(C)C)C(C)C)[C@@H](C)O)C(C)C)C(C)C. The van der Waals surface area contributed by atoms with Crippen LogP contribution >= 0.6 is 0 Å². The maximum Gasteiger partial charge on any atom is 0.326 e. The Morgan fingerprint density at radius 1 is 0.337 bits per heavy atom. The van der Waals surface area contributed by atoms with Gasteiger partial charge >= 0.3 is 29.8 Å². The van der Waals surface area contributed by atoms with E-state index in [2.05, 4.69) is 63.8 Å². The number of benzene rings is 1. The van der Waals surface area contributed by atoms with Crippen molar-refractivity contribution in [3.8, 4) is 5.75 Å². The van der Waals surface area contributed by atoms with Gasteiger partial charge in [-0.05, 0) is 87.8 Å². The number of carboxylic acid groups (broad SMARTS) is 5. The molecular weight excluding hydrogens is 1380 g/mol. The summed E-state index contributed by atoms with van der Waals surface area (Å²) in [4.78, 5) is 236. The largest absolute Gasteiger partial charge is 0.508 e. The number of carbonyl (C=O) groups excluding carboxylic acids is 13. The maximum atomic E-state index is 14.3. The molecular formula is C65H102N14O25. The van der Waals surface area contributed by atoms with Gasteiger partial charge in [0.2, 0.25) is 76.8 Å². The summed E-state index contributed by atoms with van der Waals surface area (Å²) < 4.78 is 0. The fourth-order valence-corrected chi connectivity index (χ4v) is 9.69. The first-order chi connectivity index (χ1) is 48.1. The van der Waals surface area contributed by atoms with E-state index in [1.165, 1.54) is 93.5 Å². The second-order valence-corrected chi connectivity index (χ2v) is 26.8. The number of aliphatic carboxylic acids is 5. The third-order valence-corrected chi connectivity index (χ3v) is 15.6. The minimum Gasteiger partial charge on any atom is -0.508 e. The first kappa shape index (κ1) is 91.4. The molecule has 15 atom stereocenters. The van der Waals surface area contributed by atoms with Gasteiger partial charge in [-0.25, -0.2) is 4.79 Å². The summed E-state index contributed by atoms with van der Waals surface area (Å²) in [5.41, 5.74) is 5.87. The van der Waals surface area contributed by atoms with Crippen LogP contribution in [0.5, 0.6) is 5.75 Å². The van der Waals surface area contributed by atoms with E-state index in [4.69, 9.17) is 10.8 Å². The van der Waals surface area contributed by atoms with Gasteiger partial charge in [-0.15, -0.1) is 0 Å². The van der Waals surface area contributed by atoms with Crippen molar-refractivity contribution in [2.24, 2.45) is 35.3 Å². The number of aliphatic hydroxyl groups is 1. The number of hydrogen-bond acceptors (Lipinski definition) is 21. The number of aromatic hydroxyl groups is 1. The molecule has 104 heavy (non-hydrogen) atoms. The summed E-state index contributed by atoms with van der Waals surface area (Å²) in [5.74, 6) is -25.6. The van der Waals surface area contributed by atoms with Crippen molar-refractivity contribution in [1.82, 2.24) is 69.1 Å². The summed E-state index contributed by atoms with van der Waals surface area (Å²) >= 11 is 0. The number of carbonyl (C=O) groups is 18. The highest BCUT2D eigenvalue weighted by Crippen LogP contribution is 2.16. The normalized spacial score (nSPS) is 15.6. The first-order valence-electron chi connectivity index (χ1n) is 33.3. The molecule has 582 valence electrons. The number of phenolic OH excluding ortho intramolecular Hbond substituents is 1. The van der Waals surface area contributed by atoms with Crippen molar-refractivity contribution in [1.29, 1.82) is 0 Å². The molecule has 0 spiro atoms. The molecule has 1 rings (SSSR count). The third-order valence-electron chi connectivity index (χ3n) is 15.6. The van der Waals surface area contributed by atoms with Crippen LogP contribution in [0.3, 0.4) is 0 Å². The van der Waals surface area contributed by atoms with Crippen LogP contribution in [0.25, 0.3) is 0 Å². The lowest BCUT2D eigenvalue weighted by molar-refractivity contribution is -0.147. The van der Waals surface area contributed by atoms with Crippen LogP contribution in [-0.2, 0) is 92.7 Å². The number of phenols is 1. The predicted molar refractivity (Wildman–Crippen MR) is 364 cm³/mol. The fraction of sp³-hybridized carbons (Fsp3) is 0.631. The van der Waals surface area contributed by atoms with E-state index in [-0.39, 0.29) is 18.1 Å². The Bertz CT molecular complexity index is 3250. The second-order valence-electron chi connectivity index (χ2n) is 26.8. The Morgan fingerprint density at radius 2 is 0.635 bits per heavy atom. The summed E-state index contributed by atoms with van der Waals surface area (Å²) in [6.07, 6.45) is -6.56. The number of aliphatic hydroxyl groups excluding tert-OH is 1. The lowest BCUT2D eigenvalue weighted by Gasteiger charge is -2.30. The Kier molecular flexibility index (Phi) is 38.1. The minimum atomic E-state index is -1.97.